The minimum absolute atomic E-state index is 0.0720. The van der Waals surface area contributed by atoms with Crippen molar-refractivity contribution in [3.8, 4) is 0 Å². The maximum absolute atomic E-state index is 12.3. The van der Waals surface area contributed by atoms with E-state index in [0.717, 1.165) is 43.5 Å². The Morgan fingerprint density at radius 2 is 1.81 bits per heavy atom. The van der Waals surface area contributed by atoms with E-state index in [0.29, 0.717) is 28.5 Å². The van der Waals surface area contributed by atoms with Crippen LogP contribution in [-0.4, -0.2) is 77.4 Å². The fraction of sp³-hybridized carbons (Fsp3) is 0.500. The molecule has 10 heteroatoms. The van der Waals surface area contributed by atoms with Crippen molar-refractivity contribution in [3.05, 3.63) is 41.5 Å². The predicted molar refractivity (Wildman–Crippen MR) is 144 cm³/mol. The van der Waals surface area contributed by atoms with E-state index >= 15 is 0 Å². The van der Waals surface area contributed by atoms with E-state index in [1.54, 1.807) is 0 Å². The van der Waals surface area contributed by atoms with Crippen molar-refractivity contribution in [1.82, 2.24) is 25.2 Å². The molecule has 1 saturated carbocycles. The molecule has 1 saturated heterocycles. The zero-order chi connectivity index (χ0) is 25.1. The Hall–Kier alpha value is -2.98. The van der Waals surface area contributed by atoms with Crippen LogP contribution >= 0.6 is 11.8 Å². The zero-order valence-corrected chi connectivity index (χ0v) is 22.0. The summed E-state index contributed by atoms with van der Waals surface area (Å²) in [4.78, 5) is 36.7. The van der Waals surface area contributed by atoms with Gasteiger partial charge < -0.3 is 20.4 Å². The minimum atomic E-state index is -0.0720. The number of hydrogen-bond donors (Lipinski definition) is 2. The number of aromatic nitrogens is 3. The summed E-state index contributed by atoms with van der Waals surface area (Å²) in [7, 11) is 2.13. The molecule has 36 heavy (non-hydrogen) atoms. The van der Waals surface area contributed by atoms with E-state index in [4.69, 9.17) is 15.0 Å². The van der Waals surface area contributed by atoms with Crippen molar-refractivity contribution in [2.45, 2.75) is 49.2 Å². The highest BCUT2D eigenvalue weighted by Crippen LogP contribution is 2.34. The van der Waals surface area contributed by atoms with Gasteiger partial charge in [-0.3, -0.25) is 9.79 Å². The second kappa shape index (κ2) is 11.0. The average Bonchev–Trinajstić information content (AvgIpc) is 3.25. The van der Waals surface area contributed by atoms with Gasteiger partial charge in [-0.2, -0.15) is 15.0 Å². The van der Waals surface area contributed by atoms with Gasteiger partial charge in [0.2, 0.25) is 11.9 Å². The van der Waals surface area contributed by atoms with E-state index in [2.05, 4.69) is 38.5 Å². The van der Waals surface area contributed by atoms with Gasteiger partial charge in [0.05, 0.1) is 6.54 Å². The minimum Gasteiger partial charge on any atom is -0.350 e. The lowest BCUT2D eigenvalue weighted by Crippen LogP contribution is -2.45. The molecule has 9 nitrogen and oxygen atoms in total. The zero-order valence-electron chi connectivity index (χ0n) is 21.2. The summed E-state index contributed by atoms with van der Waals surface area (Å²) >= 11 is 1.46. The van der Waals surface area contributed by atoms with Crippen molar-refractivity contribution < 1.29 is 4.79 Å². The quantitative estimate of drug-likeness (QED) is 0.589. The van der Waals surface area contributed by atoms with Crippen molar-refractivity contribution in [1.29, 1.82) is 0 Å². The molecule has 0 radical (unpaired) electrons. The molecule has 0 atom stereocenters. The number of amides is 1. The smallest absolute Gasteiger partial charge is 0.251 e. The summed E-state index contributed by atoms with van der Waals surface area (Å²) in [6.45, 7) is 8.35. The number of rotatable bonds is 7. The highest BCUT2D eigenvalue weighted by molar-refractivity contribution is 7.99. The van der Waals surface area contributed by atoms with Crippen LogP contribution in [0.25, 0.3) is 0 Å². The molecule has 2 N–H and O–H groups in total. The Morgan fingerprint density at radius 1 is 1.06 bits per heavy atom. The van der Waals surface area contributed by atoms with Gasteiger partial charge in [-0.1, -0.05) is 6.42 Å². The molecule has 2 aromatic rings. The van der Waals surface area contributed by atoms with Gasteiger partial charge in [-0.15, -0.1) is 0 Å². The number of carbonyl (C=O) groups excluding carboxylic acids is 1. The molecule has 1 aromatic carbocycles. The van der Waals surface area contributed by atoms with E-state index in [-0.39, 0.29) is 11.9 Å². The largest absolute Gasteiger partial charge is 0.350 e. The highest BCUT2D eigenvalue weighted by Gasteiger charge is 2.25. The Kier molecular flexibility index (Phi) is 7.52. The SMILES string of the molecule is CC(C)NC(=O)c1ccc(Sc2nc(NC3=NCC(C4CCC4)=C3)nc(N3CCN(C)CC3)n2)cc1. The first kappa shape index (κ1) is 24.7. The second-order valence-corrected chi connectivity index (χ2v) is 11.0. The molecule has 1 aliphatic carbocycles. The third-order valence-electron chi connectivity index (χ3n) is 6.76. The number of nitrogens with one attached hydrogen (secondary N) is 2. The van der Waals surface area contributed by atoms with Crippen LogP contribution in [0.5, 0.6) is 0 Å². The maximum Gasteiger partial charge on any atom is 0.251 e. The van der Waals surface area contributed by atoms with Crippen molar-refractivity contribution in [3.63, 3.8) is 0 Å². The number of hydrogen-bond acceptors (Lipinski definition) is 9. The monoisotopic (exact) mass is 506 g/mol. The number of piperazine rings is 1. The van der Waals surface area contributed by atoms with Crippen LogP contribution in [-0.2, 0) is 0 Å². The number of carbonyl (C=O) groups is 1. The van der Waals surface area contributed by atoms with Crippen molar-refractivity contribution in [2.75, 3.05) is 50.0 Å². The molecule has 3 aliphatic rings. The predicted octanol–water partition coefficient (Wildman–Crippen LogP) is 3.46. The molecule has 0 bridgehead atoms. The maximum atomic E-state index is 12.3. The van der Waals surface area contributed by atoms with Gasteiger partial charge >= 0.3 is 0 Å². The highest BCUT2D eigenvalue weighted by atomic mass is 32.2. The average molecular weight is 507 g/mol. The van der Waals surface area contributed by atoms with Gasteiger partial charge in [-0.05, 0) is 87.3 Å². The van der Waals surface area contributed by atoms with E-state index in [9.17, 15) is 4.79 Å². The standard InChI is InChI=1S/C26H34N8OS/c1-17(2)28-23(35)19-7-9-21(10-8-19)36-26-31-24(29-22-15-20(16-27-22)18-5-4-6-18)30-25(32-26)34-13-11-33(3)12-14-34/h7-10,15,17-18H,4-6,11-14,16H2,1-3H3,(H,28,35)(H,27,29,30,31,32). The van der Waals surface area contributed by atoms with Crippen molar-refractivity contribution in [2.24, 2.45) is 10.9 Å². The van der Waals surface area contributed by atoms with E-state index in [1.807, 2.05) is 38.1 Å². The number of nitrogens with zero attached hydrogens (tertiary/aromatic N) is 6. The summed E-state index contributed by atoms with van der Waals surface area (Å²) in [5.74, 6) is 2.63. The van der Waals surface area contributed by atoms with Crippen LogP contribution in [0.3, 0.4) is 0 Å². The van der Waals surface area contributed by atoms with Crippen LogP contribution in [0.1, 0.15) is 43.5 Å². The Labute approximate surface area is 216 Å². The fourth-order valence-electron chi connectivity index (χ4n) is 4.38. The summed E-state index contributed by atoms with van der Waals surface area (Å²) in [6.07, 6.45) is 6.02. The van der Waals surface area contributed by atoms with Crippen LogP contribution in [0, 0.1) is 5.92 Å². The normalized spacial score (nSPS) is 18.6. The summed E-state index contributed by atoms with van der Waals surface area (Å²) in [6, 6.07) is 7.63. The molecular formula is C26H34N8OS. The van der Waals surface area contributed by atoms with Gasteiger partial charge in [0.1, 0.15) is 5.84 Å². The Bertz CT molecular complexity index is 1150. The van der Waals surface area contributed by atoms with E-state index < -0.39 is 0 Å². The molecule has 0 unspecified atom stereocenters. The van der Waals surface area contributed by atoms with Gasteiger partial charge in [0.25, 0.3) is 5.91 Å². The number of likely N-dealkylation sites (N-methyl/N-ethyl adjacent to an activating group) is 1. The first-order valence-corrected chi connectivity index (χ1v) is 13.5. The number of benzene rings is 1. The fourth-order valence-corrected chi connectivity index (χ4v) is 5.12. The molecule has 0 spiro atoms. The van der Waals surface area contributed by atoms with Crippen molar-refractivity contribution >= 4 is 35.4 Å². The molecular weight excluding hydrogens is 472 g/mol. The first-order chi connectivity index (χ1) is 17.4. The third kappa shape index (κ3) is 6.04. The second-order valence-electron chi connectivity index (χ2n) is 9.96. The molecule has 2 aliphatic heterocycles. The molecule has 1 aromatic heterocycles. The lowest BCUT2D eigenvalue weighted by molar-refractivity contribution is 0.0943. The lowest BCUT2D eigenvalue weighted by Gasteiger charge is -2.32. The Morgan fingerprint density at radius 3 is 2.47 bits per heavy atom. The van der Waals surface area contributed by atoms with Crippen LogP contribution in [0.4, 0.5) is 11.9 Å². The molecule has 1 amide bonds. The molecule has 3 heterocycles. The summed E-state index contributed by atoms with van der Waals surface area (Å²) in [5.41, 5.74) is 2.05. The molecule has 5 rings (SSSR count). The summed E-state index contributed by atoms with van der Waals surface area (Å²) in [5, 5.41) is 6.87. The Balaban J connectivity index is 1.34. The van der Waals surface area contributed by atoms with Gasteiger partial charge in [-0.25, -0.2) is 0 Å². The molecule has 2 fully saturated rings. The topological polar surface area (TPSA) is 98.6 Å². The van der Waals surface area contributed by atoms with Crippen LogP contribution < -0.4 is 15.5 Å². The first-order valence-electron chi connectivity index (χ1n) is 12.7. The van der Waals surface area contributed by atoms with Gasteiger partial charge in [0.15, 0.2) is 5.16 Å². The lowest BCUT2D eigenvalue weighted by atomic mass is 9.80. The van der Waals surface area contributed by atoms with Crippen LogP contribution in [0.15, 0.2) is 51.0 Å². The number of anilines is 2. The number of aliphatic imine (C=N–C) groups is 1. The third-order valence-corrected chi connectivity index (χ3v) is 7.63. The molecule has 190 valence electrons. The summed E-state index contributed by atoms with van der Waals surface area (Å²) < 4.78 is 0. The van der Waals surface area contributed by atoms with Gasteiger partial charge in [0, 0.05) is 42.7 Å². The van der Waals surface area contributed by atoms with E-state index in [1.165, 1.54) is 36.6 Å². The van der Waals surface area contributed by atoms with Crippen LogP contribution in [0.2, 0.25) is 0 Å². The number of amidine groups is 1.